The van der Waals surface area contributed by atoms with Crippen LogP contribution >= 0.6 is 0 Å². The van der Waals surface area contributed by atoms with Gasteiger partial charge in [-0.15, -0.1) is 0 Å². The first-order valence-corrected chi connectivity index (χ1v) is 7.48. The Morgan fingerprint density at radius 3 is 2.67 bits per heavy atom. The summed E-state index contributed by atoms with van der Waals surface area (Å²) in [6.07, 6.45) is 0. The highest BCUT2D eigenvalue weighted by Gasteiger charge is 2.21. The number of ether oxygens (including phenoxy) is 1. The molecule has 3 rings (SSSR count). The molecule has 0 saturated heterocycles. The number of carbonyl (C=O) groups is 1. The molecule has 5 nitrogen and oxygen atoms in total. The Morgan fingerprint density at radius 1 is 1.29 bits per heavy atom. The molecule has 0 saturated carbocycles. The van der Waals surface area contributed by atoms with Crippen molar-refractivity contribution in [2.24, 2.45) is 0 Å². The van der Waals surface area contributed by atoms with Gasteiger partial charge in [0.15, 0.2) is 11.5 Å². The van der Waals surface area contributed by atoms with Gasteiger partial charge in [-0.1, -0.05) is 30.3 Å². The predicted octanol–water partition coefficient (Wildman–Crippen LogP) is 3.21. The van der Waals surface area contributed by atoms with Crippen molar-refractivity contribution in [3.8, 4) is 11.1 Å². The van der Waals surface area contributed by atoms with Crippen LogP contribution in [0.3, 0.4) is 0 Å². The van der Waals surface area contributed by atoms with Crippen molar-refractivity contribution in [2.75, 3.05) is 6.61 Å². The van der Waals surface area contributed by atoms with Crippen molar-refractivity contribution in [2.45, 2.75) is 13.8 Å². The Balaban J connectivity index is 2.26. The number of hydrogen-bond donors (Lipinski definition) is 1. The lowest BCUT2D eigenvalue weighted by molar-refractivity contribution is 0.0514. The van der Waals surface area contributed by atoms with Crippen molar-refractivity contribution >= 4 is 16.9 Å². The van der Waals surface area contributed by atoms with E-state index in [2.05, 4.69) is 9.97 Å². The van der Waals surface area contributed by atoms with Crippen LogP contribution in [-0.4, -0.2) is 22.5 Å². The minimum Gasteiger partial charge on any atom is -0.461 e. The molecule has 0 aliphatic rings. The molecule has 0 aliphatic heterocycles. The number of H-pyrrole nitrogens is 1. The Labute approximate surface area is 137 Å². The molecule has 0 atom stereocenters. The minimum absolute atomic E-state index is 0.0461. The zero-order valence-corrected chi connectivity index (χ0v) is 13.2. The number of esters is 1. The smallest absolute Gasteiger partial charge is 0.360 e. The SMILES string of the molecule is CCOC(=O)c1nc(C)c2cc(-c3ccccc3)c(=O)[nH]c2c1F. The zero-order chi connectivity index (χ0) is 17.3. The van der Waals surface area contributed by atoms with Gasteiger partial charge in [0.05, 0.1) is 12.1 Å². The highest BCUT2D eigenvalue weighted by atomic mass is 19.1. The number of carbonyl (C=O) groups excluding carboxylic acids is 1. The van der Waals surface area contributed by atoms with Crippen LogP contribution in [0.2, 0.25) is 0 Å². The molecule has 6 heteroatoms. The van der Waals surface area contributed by atoms with E-state index in [1.807, 2.05) is 18.2 Å². The Morgan fingerprint density at radius 2 is 2.00 bits per heavy atom. The maximum absolute atomic E-state index is 14.6. The fourth-order valence-corrected chi connectivity index (χ4v) is 2.55. The van der Waals surface area contributed by atoms with Gasteiger partial charge < -0.3 is 9.72 Å². The Hall–Kier alpha value is -3.02. The molecule has 2 heterocycles. The summed E-state index contributed by atoms with van der Waals surface area (Å²) in [7, 11) is 0. The summed E-state index contributed by atoms with van der Waals surface area (Å²) in [6.45, 7) is 3.38. The second-order valence-corrected chi connectivity index (χ2v) is 5.25. The first kappa shape index (κ1) is 15.9. The molecular formula is C18H15FN2O3. The van der Waals surface area contributed by atoms with Gasteiger partial charge in [0, 0.05) is 16.6 Å². The lowest BCUT2D eigenvalue weighted by atomic mass is 10.0. The van der Waals surface area contributed by atoms with Gasteiger partial charge in [-0.05, 0) is 25.5 Å². The molecule has 0 spiro atoms. The fourth-order valence-electron chi connectivity index (χ4n) is 2.55. The van der Waals surface area contributed by atoms with Gasteiger partial charge in [0.2, 0.25) is 0 Å². The van der Waals surface area contributed by atoms with E-state index in [0.717, 1.165) is 5.56 Å². The highest BCUT2D eigenvalue weighted by molar-refractivity contribution is 5.94. The standard InChI is InChI=1S/C18H15FN2O3/c1-3-24-18(23)16-14(19)15-12(10(2)20-16)9-13(17(22)21-15)11-7-5-4-6-8-11/h4-9H,3H2,1-2H3,(H,21,22). The predicted molar refractivity (Wildman–Crippen MR) is 88.5 cm³/mol. The molecule has 0 unspecified atom stereocenters. The van der Waals surface area contributed by atoms with Crippen LogP contribution in [0.1, 0.15) is 23.1 Å². The number of rotatable bonds is 3. The third-order valence-corrected chi connectivity index (χ3v) is 3.69. The van der Waals surface area contributed by atoms with Crippen LogP contribution in [0.5, 0.6) is 0 Å². The number of pyridine rings is 2. The van der Waals surface area contributed by atoms with Crippen molar-refractivity contribution < 1.29 is 13.9 Å². The molecule has 3 aromatic rings. The van der Waals surface area contributed by atoms with Crippen LogP contribution in [0, 0.1) is 12.7 Å². The topological polar surface area (TPSA) is 72.0 Å². The van der Waals surface area contributed by atoms with E-state index >= 15 is 0 Å². The number of aromatic nitrogens is 2. The maximum Gasteiger partial charge on any atom is 0.360 e. The van der Waals surface area contributed by atoms with Crippen LogP contribution in [-0.2, 0) is 4.74 Å². The van der Waals surface area contributed by atoms with E-state index in [1.54, 1.807) is 32.0 Å². The average Bonchev–Trinajstić information content (AvgIpc) is 2.58. The third kappa shape index (κ3) is 2.67. The molecule has 122 valence electrons. The number of nitrogens with one attached hydrogen (secondary N) is 1. The molecule has 0 fully saturated rings. The maximum atomic E-state index is 14.6. The molecule has 0 radical (unpaired) electrons. The van der Waals surface area contributed by atoms with Gasteiger partial charge in [0.25, 0.3) is 5.56 Å². The minimum atomic E-state index is -0.884. The Bertz CT molecular complexity index is 981. The van der Waals surface area contributed by atoms with Crippen LogP contribution in [0.25, 0.3) is 22.0 Å². The number of benzene rings is 1. The van der Waals surface area contributed by atoms with E-state index in [0.29, 0.717) is 16.6 Å². The lowest BCUT2D eigenvalue weighted by Gasteiger charge is -2.09. The molecule has 24 heavy (non-hydrogen) atoms. The largest absolute Gasteiger partial charge is 0.461 e. The monoisotopic (exact) mass is 326 g/mol. The molecule has 1 N–H and O–H groups in total. The summed E-state index contributed by atoms with van der Waals surface area (Å²) in [6, 6.07) is 10.6. The average molecular weight is 326 g/mol. The highest BCUT2D eigenvalue weighted by Crippen LogP contribution is 2.24. The fraction of sp³-hybridized carbons (Fsp3) is 0.167. The summed E-state index contributed by atoms with van der Waals surface area (Å²) in [5.74, 6) is -1.74. The Kier molecular flexibility index (Phi) is 4.12. The quantitative estimate of drug-likeness (QED) is 0.750. The lowest BCUT2D eigenvalue weighted by Crippen LogP contribution is -2.15. The molecular weight excluding hydrogens is 311 g/mol. The van der Waals surface area contributed by atoms with E-state index in [4.69, 9.17) is 4.74 Å². The third-order valence-electron chi connectivity index (χ3n) is 3.69. The second kappa shape index (κ2) is 6.23. The molecule has 1 aromatic carbocycles. The summed E-state index contributed by atoms with van der Waals surface area (Å²) in [5, 5.41) is 0.444. The van der Waals surface area contributed by atoms with Gasteiger partial charge in [0.1, 0.15) is 0 Å². The van der Waals surface area contributed by atoms with Crippen molar-refractivity contribution in [1.29, 1.82) is 0 Å². The van der Waals surface area contributed by atoms with Gasteiger partial charge in [-0.25, -0.2) is 14.2 Å². The first-order chi connectivity index (χ1) is 11.5. The van der Waals surface area contributed by atoms with E-state index in [9.17, 15) is 14.0 Å². The zero-order valence-electron chi connectivity index (χ0n) is 13.2. The number of fused-ring (bicyclic) bond motifs is 1. The number of aromatic amines is 1. The van der Waals surface area contributed by atoms with Crippen molar-refractivity contribution in [1.82, 2.24) is 9.97 Å². The van der Waals surface area contributed by atoms with Crippen LogP contribution in [0.15, 0.2) is 41.2 Å². The van der Waals surface area contributed by atoms with Gasteiger partial charge in [-0.2, -0.15) is 0 Å². The molecule has 2 aromatic heterocycles. The number of nitrogens with zero attached hydrogens (tertiary/aromatic N) is 1. The van der Waals surface area contributed by atoms with Crippen molar-refractivity contribution in [3.05, 3.63) is 64.0 Å². The second-order valence-electron chi connectivity index (χ2n) is 5.25. The van der Waals surface area contributed by atoms with Crippen molar-refractivity contribution in [3.63, 3.8) is 0 Å². The van der Waals surface area contributed by atoms with Crippen LogP contribution < -0.4 is 5.56 Å². The van der Waals surface area contributed by atoms with Gasteiger partial charge >= 0.3 is 5.97 Å². The summed E-state index contributed by atoms with van der Waals surface area (Å²) >= 11 is 0. The van der Waals surface area contributed by atoms with E-state index in [-0.39, 0.29) is 12.1 Å². The normalized spacial score (nSPS) is 10.8. The summed E-state index contributed by atoms with van der Waals surface area (Å²) in [4.78, 5) is 30.7. The number of hydrogen-bond acceptors (Lipinski definition) is 4. The molecule has 0 amide bonds. The summed E-state index contributed by atoms with van der Waals surface area (Å²) in [5.41, 5.74) is 0.655. The first-order valence-electron chi connectivity index (χ1n) is 7.48. The van der Waals surface area contributed by atoms with E-state index < -0.39 is 23.0 Å². The number of halogens is 1. The van der Waals surface area contributed by atoms with Crippen LogP contribution in [0.4, 0.5) is 4.39 Å². The summed E-state index contributed by atoms with van der Waals surface area (Å²) < 4.78 is 19.4. The number of aryl methyl sites for hydroxylation is 1. The molecule has 0 bridgehead atoms. The van der Waals surface area contributed by atoms with E-state index in [1.165, 1.54) is 0 Å². The van der Waals surface area contributed by atoms with Gasteiger partial charge in [-0.3, -0.25) is 4.79 Å². The molecule has 0 aliphatic carbocycles.